The highest BCUT2D eigenvalue weighted by atomic mass is 16.5. The number of nitrogens with zero attached hydrogens (tertiary/aromatic N) is 1. The van der Waals surface area contributed by atoms with Crippen LogP contribution in [0.4, 0.5) is 0 Å². The Bertz CT molecular complexity index is 775. The van der Waals surface area contributed by atoms with Gasteiger partial charge in [-0.3, -0.25) is 9.59 Å². The number of carbonyl (C=O) groups excluding carboxylic acids is 2. The average Bonchev–Trinajstić information content (AvgIpc) is 2.63. The molecule has 4 aliphatic rings. The van der Waals surface area contributed by atoms with Crippen LogP contribution in [0.15, 0.2) is 35.5 Å². The number of ether oxygens (including phenoxy) is 1. The first-order valence-corrected chi connectivity index (χ1v) is 9.06. The highest BCUT2D eigenvalue weighted by molar-refractivity contribution is 6.13. The quantitative estimate of drug-likeness (QED) is 0.791. The zero-order valence-electron chi connectivity index (χ0n) is 15.3. The molecule has 3 aliphatic carbocycles. The summed E-state index contributed by atoms with van der Waals surface area (Å²) in [7, 11) is 1.64. The average molecular weight is 339 g/mol. The third-order valence-electron chi connectivity index (χ3n) is 6.68. The molecule has 132 valence electrons. The van der Waals surface area contributed by atoms with Crippen molar-refractivity contribution < 1.29 is 14.3 Å². The van der Waals surface area contributed by atoms with E-state index in [1.165, 1.54) is 0 Å². The van der Waals surface area contributed by atoms with Crippen molar-refractivity contribution in [2.45, 2.75) is 40.2 Å². The second-order valence-electron chi connectivity index (χ2n) is 8.23. The predicted octanol–water partition coefficient (Wildman–Crippen LogP) is 3.56. The summed E-state index contributed by atoms with van der Waals surface area (Å²) in [6.45, 7) is 6.82. The van der Waals surface area contributed by atoms with Crippen LogP contribution in [-0.2, 0) is 16.1 Å². The number of carbonyl (C=O) groups is 2. The summed E-state index contributed by atoms with van der Waals surface area (Å²) in [6, 6.07) is 7.81. The van der Waals surface area contributed by atoms with Gasteiger partial charge >= 0.3 is 0 Å². The van der Waals surface area contributed by atoms with Gasteiger partial charge in [0.1, 0.15) is 5.75 Å². The second-order valence-corrected chi connectivity index (χ2v) is 8.23. The van der Waals surface area contributed by atoms with E-state index in [0.717, 1.165) is 35.4 Å². The van der Waals surface area contributed by atoms with Crippen LogP contribution in [-0.4, -0.2) is 23.7 Å². The molecule has 1 fully saturated rings. The van der Waals surface area contributed by atoms with Gasteiger partial charge in [0.05, 0.1) is 19.6 Å². The smallest absolute Gasteiger partial charge is 0.237 e. The van der Waals surface area contributed by atoms with E-state index in [1.54, 1.807) is 14.0 Å². The van der Waals surface area contributed by atoms with Gasteiger partial charge in [-0.25, -0.2) is 0 Å². The normalized spacial score (nSPS) is 30.1. The number of benzene rings is 1. The van der Waals surface area contributed by atoms with Crippen LogP contribution in [0.25, 0.3) is 0 Å². The molecule has 2 bridgehead atoms. The minimum atomic E-state index is -0.558. The molecule has 5 rings (SSSR count). The highest BCUT2D eigenvalue weighted by Gasteiger charge is 2.58. The number of ketones is 1. The fourth-order valence-electron chi connectivity index (χ4n) is 4.77. The maximum Gasteiger partial charge on any atom is 0.237 e. The van der Waals surface area contributed by atoms with Crippen LogP contribution in [0.1, 0.15) is 39.2 Å². The Labute approximate surface area is 148 Å². The van der Waals surface area contributed by atoms with Crippen molar-refractivity contribution in [1.29, 1.82) is 0 Å². The van der Waals surface area contributed by atoms with E-state index in [4.69, 9.17) is 4.74 Å². The Hall–Kier alpha value is -2.10. The lowest BCUT2D eigenvalue weighted by molar-refractivity contribution is -0.145. The van der Waals surface area contributed by atoms with Crippen molar-refractivity contribution >= 4 is 11.7 Å². The molecule has 0 saturated heterocycles. The van der Waals surface area contributed by atoms with Gasteiger partial charge in [0.15, 0.2) is 5.78 Å². The van der Waals surface area contributed by atoms with Crippen molar-refractivity contribution in [1.82, 2.24) is 4.90 Å². The number of hydrogen-bond donors (Lipinski definition) is 0. The molecule has 0 N–H and O–H groups in total. The minimum absolute atomic E-state index is 0.0520. The molecule has 1 aromatic rings. The summed E-state index contributed by atoms with van der Waals surface area (Å²) in [5, 5.41) is 0. The van der Waals surface area contributed by atoms with Crippen molar-refractivity contribution in [2.24, 2.45) is 23.2 Å². The number of hydrogen-bond acceptors (Lipinski definition) is 3. The molecule has 4 nitrogen and oxygen atoms in total. The summed E-state index contributed by atoms with van der Waals surface area (Å²) in [6.07, 6.45) is 1.92. The number of methoxy groups -OCH3 is 1. The largest absolute Gasteiger partial charge is 0.497 e. The molecule has 0 radical (unpaired) electrons. The Morgan fingerprint density at radius 1 is 1.20 bits per heavy atom. The van der Waals surface area contributed by atoms with Gasteiger partial charge in [0.25, 0.3) is 0 Å². The van der Waals surface area contributed by atoms with Crippen molar-refractivity contribution in [3.8, 4) is 5.75 Å². The first-order valence-electron chi connectivity index (χ1n) is 9.06. The number of amides is 1. The fourth-order valence-corrected chi connectivity index (χ4v) is 4.77. The molecule has 3 atom stereocenters. The van der Waals surface area contributed by atoms with Gasteiger partial charge in [-0.05, 0) is 48.8 Å². The summed E-state index contributed by atoms with van der Waals surface area (Å²) in [5.74, 6) is 1.13. The third kappa shape index (κ3) is 2.26. The van der Waals surface area contributed by atoms with Crippen LogP contribution in [0, 0.1) is 23.2 Å². The van der Waals surface area contributed by atoms with E-state index in [-0.39, 0.29) is 17.1 Å². The Morgan fingerprint density at radius 3 is 2.48 bits per heavy atom. The number of allylic oxidation sites excluding steroid dienone is 2. The van der Waals surface area contributed by atoms with Crippen LogP contribution < -0.4 is 4.74 Å². The van der Waals surface area contributed by atoms with E-state index in [2.05, 4.69) is 13.8 Å². The van der Waals surface area contributed by atoms with Gasteiger partial charge in [0.2, 0.25) is 5.91 Å². The topological polar surface area (TPSA) is 46.6 Å². The summed E-state index contributed by atoms with van der Waals surface area (Å²) in [4.78, 5) is 27.5. The second kappa shape index (κ2) is 5.45. The molecule has 1 aliphatic heterocycles. The number of rotatable bonds is 3. The molecular formula is C21H25NO3. The van der Waals surface area contributed by atoms with E-state index in [9.17, 15) is 9.59 Å². The lowest BCUT2D eigenvalue weighted by atomic mass is 9.47. The van der Waals surface area contributed by atoms with Gasteiger partial charge in [0, 0.05) is 17.2 Å². The molecule has 4 heteroatoms. The standard InChI is InChI=1S/C21H25NO3/c1-12-19(23)16-9-14-10-17(21(14,2)3)18(16)22(20(12)24)11-13-5-7-15(25-4)8-6-13/h5-8,12,14,17H,9-11H2,1-4H3/t12?,14-,17-/m0/s1. The lowest BCUT2D eigenvalue weighted by Crippen LogP contribution is -2.57. The SMILES string of the molecule is COc1ccc(CN2C(=O)C(C)C(=O)C3=C2[C@@H]2C[C@H](C3)C2(C)C)cc1. The monoisotopic (exact) mass is 339 g/mol. The fraction of sp³-hybridized carbons (Fsp3) is 0.524. The zero-order chi connectivity index (χ0) is 17.9. The maximum atomic E-state index is 12.9. The first-order chi connectivity index (χ1) is 11.8. The summed E-state index contributed by atoms with van der Waals surface area (Å²) < 4.78 is 5.21. The van der Waals surface area contributed by atoms with E-state index >= 15 is 0 Å². The van der Waals surface area contributed by atoms with Crippen LogP contribution in [0.5, 0.6) is 5.75 Å². The molecule has 1 aromatic carbocycles. The minimum Gasteiger partial charge on any atom is -0.497 e. The summed E-state index contributed by atoms with van der Waals surface area (Å²) in [5.41, 5.74) is 3.16. The predicted molar refractivity (Wildman–Crippen MR) is 94.7 cm³/mol. The van der Waals surface area contributed by atoms with E-state index < -0.39 is 5.92 Å². The van der Waals surface area contributed by atoms with Gasteiger partial charge < -0.3 is 9.64 Å². The zero-order valence-corrected chi connectivity index (χ0v) is 15.3. The Balaban J connectivity index is 1.72. The maximum absolute atomic E-state index is 12.9. The van der Waals surface area contributed by atoms with Crippen molar-refractivity contribution in [3.63, 3.8) is 0 Å². The Morgan fingerprint density at radius 2 is 1.88 bits per heavy atom. The van der Waals surface area contributed by atoms with Crippen molar-refractivity contribution in [2.75, 3.05) is 7.11 Å². The molecule has 1 unspecified atom stereocenters. The summed E-state index contributed by atoms with van der Waals surface area (Å²) >= 11 is 0. The van der Waals surface area contributed by atoms with Gasteiger partial charge in [-0.1, -0.05) is 26.0 Å². The van der Waals surface area contributed by atoms with E-state index in [0.29, 0.717) is 18.4 Å². The first kappa shape index (κ1) is 16.4. The number of Topliss-reactive ketones (excluding diaryl/α,β-unsaturated/α-hetero) is 1. The lowest BCUT2D eigenvalue weighted by Gasteiger charge is -2.60. The van der Waals surface area contributed by atoms with Crippen LogP contribution >= 0.6 is 0 Å². The molecule has 0 aromatic heterocycles. The highest BCUT2D eigenvalue weighted by Crippen LogP contribution is 2.62. The van der Waals surface area contributed by atoms with Gasteiger partial charge in [-0.15, -0.1) is 0 Å². The van der Waals surface area contributed by atoms with Crippen LogP contribution in [0.2, 0.25) is 0 Å². The molecule has 0 spiro atoms. The van der Waals surface area contributed by atoms with Gasteiger partial charge in [-0.2, -0.15) is 0 Å². The Kier molecular flexibility index (Phi) is 3.57. The van der Waals surface area contributed by atoms with Crippen molar-refractivity contribution in [3.05, 3.63) is 41.1 Å². The molecule has 25 heavy (non-hydrogen) atoms. The molecule has 1 amide bonds. The van der Waals surface area contributed by atoms with E-state index in [1.807, 2.05) is 29.2 Å². The molecular weight excluding hydrogens is 314 g/mol. The van der Waals surface area contributed by atoms with Crippen LogP contribution in [0.3, 0.4) is 0 Å². The third-order valence-corrected chi connectivity index (χ3v) is 6.68. The molecule has 1 saturated carbocycles. The molecule has 1 heterocycles.